The maximum Gasteiger partial charge on any atom is 0 e. The molecule has 0 bridgehead atoms. The number of rotatable bonds is 3. The molecule has 0 saturated carbocycles. The van der Waals surface area contributed by atoms with Gasteiger partial charge in [-0.1, -0.05) is 19.2 Å². The Labute approximate surface area is 188 Å². The summed E-state index contributed by atoms with van der Waals surface area (Å²) in [6, 6.07) is 29.3. The number of hydrogen-bond acceptors (Lipinski definition) is 3. The zero-order valence-electron chi connectivity index (χ0n) is 15.7. The third-order valence-corrected chi connectivity index (χ3v) is 4.80. The van der Waals surface area contributed by atoms with Crippen molar-refractivity contribution in [1.29, 1.82) is 0 Å². The normalized spacial score (nSPS) is 10.1. The molecule has 0 aliphatic carbocycles. The zero-order chi connectivity index (χ0) is 18.8. The van der Waals surface area contributed by atoms with E-state index in [1.54, 1.807) is 0 Å². The van der Waals surface area contributed by atoms with Crippen molar-refractivity contribution in [1.82, 2.24) is 4.90 Å². The Morgan fingerprint density at radius 3 is 1.85 bits per heavy atom. The smallest absolute Gasteiger partial charge is 0 e. The molecular formula is C23H25MoNS2-8. The van der Waals surface area contributed by atoms with E-state index < -0.39 is 0 Å². The maximum atomic E-state index is 4.84. The molecule has 0 aliphatic rings. The summed E-state index contributed by atoms with van der Waals surface area (Å²) in [4.78, 5) is 2.05. The molecule has 27 heavy (non-hydrogen) atoms. The van der Waals surface area contributed by atoms with Crippen LogP contribution < -0.4 is 0 Å². The van der Waals surface area contributed by atoms with Gasteiger partial charge in [0.2, 0.25) is 0 Å². The van der Waals surface area contributed by atoms with Gasteiger partial charge in [0.1, 0.15) is 0 Å². The van der Waals surface area contributed by atoms with E-state index in [0.717, 1.165) is 13.1 Å². The van der Waals surface area contributed by atoms with Gasteiger partial charge in [-0.2, -0.15) is 12.1 Å². The Kier molecular flexibility index (Phi) is 11.8. The quantitative estimate of drug-likeness (QED) is 0.209. The van der Waals surface area contributed by atoms with Gasteiger partial charge < -0.3 is 83.4 Å². The molecule has 148 valence electrons. The monoisotopic (exact) mass is 477 g/mol. The molecule has 4 aromatic carbocycles. The third kappa shape index (κ3) is 7.87. The molecular weight excluding hydrogens is 450 g/mol. The minimum atomic E-state index is -0.120. The summed E-state index contributed by atoms with van der Waals surface area (Å²) >= 11 is 9.68. The van der Waals surface area contributed by atoms with Crippen molar-refractivity contribution in [3.8, 4) is 0 Å². The van der Waals surface area contributed by atoms with Crippen molar-refractivity contribution in [2.75, 3.05) is 13.1 Å². The van der Waals surface area contributed by atoms with Crippen molar-refractivity contribution < 1.29 is 21.1 Å². The first-order valence-corrected chi connectivity index (χ1v) is 9.86. The van der Waals surface area contributed by atoms with Gasteiger partial charge in [-0.3, -0.25) is 0 Å². The zero-order valence-corrected chi connectivity index (χ0v) is 19.4. The molecule has 0 heterocycles. The molecule has 0 atom stereocenters. The van der Waals surface area contributed by atoms with Gasteiger partial charge in [-0.15, -0.1) is 35.7 Å². The van der Waals surface area contributed by atoms with Crippen molar-refractivity contribution in [3.63, 3.8) is 0 Å². The molecule has 0 N–H and O–H groups in total. The van der Waals surface area contributed by atoms with E-state index in [1.807, 2.05) is 4.90 Å². The molecule has 0 saturated heterocycles. The van der Waals surface area contributed by atoms with E-state index in [0.29, 0.717) is 0 Å². The molecule has 1 nitrogen and oxygen atoms in total. The Hall–Kier alpha value is -0.992. The summed E-state index contributed by atoms with van der Waals surface area (Å²) in [5, 5.41) is 5.32. The van der Waals surface area contributed by atoms with Crippen LogP contribution in [0.4, 0.5) is 0 Å². The molecule has 4 heteroatoms. The minimum absolute atomic E-state index is 0. The second kappa shape index (κ2) is 13.2. The summed E-state index contributed by atoms with van der Waals surface area (Å²) in [5.41, 5.74) is 0. The first kappa shape index (κ1) is 24.0. The van der Waals surface area contributed by atoms with Crippen molar-refractivity contribution in [2.45, 2.75) is 18.6 Å². The van der Waals surface area contributed by atoms with Crippen LogP contribution in [0.5, 0.6) is 0 Å². The first-order chi connectivity index (χ1) is 12.7. The standard InChI is InChI=1S/2C9H7.C5H13NS2.Mo/c2*1-2-5-9-7-3-6-8(9)4-1;1-3-6(4-2)5(7)8;/h2*1-7H;5,7-8H,3-4H2,1-2H3;/q-5;-1;;/p-2. The summed E-state index contributed by atoms with van der Waals surface area (Å²) < 4.78 is -0.120. The third-order valence-electron chi connectivity index (χ3n) is 4.21. The maximum absolute atomic E-state index is 4.84. The van der Waals surface area contributed by atoms with E-state index >= 15 is 0 Å². The topological polar surface area (TPSA) is 3.24 Å². The van der Waals surface area contributed by atoms with Crippen LogP contribution in [0.1, 0.15) is 13.8 Å². The van der Waals surface area contributed by atoms with Crippen LogP contribution in [-0.4, -0.2) is 22.7 Å². The van der Waals surface area contributed by atoms with Crippen LogP contribution in [0.2, 0.25) is 0 Å². The molecule has 0 unspecified atom stereocenters. The van der Waals surface area contributed by atoms with E-state index in [-0.39, 0.29) is 25.8 Å². The predicted octanol–water partition coefficient (Wildman–Crippen LogP) is 5.82. The SMILES string of the molecule is CCN(CC)C([S-])[S-].[Mo].c1cc[c-]2[cH-][cH-][cH-][c-]2c1.c1cc[c-]2cccc2c1. The number of fused-ring (bicyclic) bond motifs is 2. The van der Waals surface area contributed by atoms with Crippen molar-refractivity contribution >= 4 is 46.8 Å². The van der Waals surface area contributed by atoms with Gasteiger partial charge in [0, 0.05) is 21.1 Å². The van der Waals surface area contributed by atoms with E-state index in [9.17, 15) is 0 Å². The second-order valence-electron chi connectivity index (χ2n) is 5.84. The molecule has 0 aliphatic heterocycles. The number of nitrogens with zero attached hydrogens (tertiary/aromatic N) is 1. The Morgan fingerprint density at radius 2 is 1.37 bits per heavy atom. The van der Waals surface area contributed by atoms with Crippen LogP contribution in [0.3, 0.4) is 0 Å². The van der Waals surface area contributed by atoms with Gasteiger partial charge in [-0.05, 0) is 13.1 Å². The summed E-state index contributed by atoms with van der Waals surface area (Å²) in [5.74, 6) is 0. The minimum Gasteiger partial charge on any atom is -0.800 e. The second-order valence-corrected chi connectivity index (χ2v) is 7.03. The van der Waals surface area contributed by atoms with Gasteiger partial charge >= 0.3 is 0 Å². The molecule has 4 rings (SSSR count). The van der Waals surface area contributed by atoms with E-state index in [4.69, 9.17) is 25.3 Å². The van der Waals surface area contributed by atoms with Gasteiger partial charge in [0.25, 0.3) is 0 Å². The average molecular weight is 476 g/mol. The number of benzene rings is 2. The fourth-order valence-corrected chi connectivity index (χ4v) is 3.26. The summed E-state index contributed by atoms with van der Waals surface area (Å²) in [7, 11) is 0. The Balaban J connectivity index is 0.000000200. The Morgan fingerprint density at radius 1 is 0.852 bits per heavy atom. The Bertz CT molecular complexity index is 752. The molecule has 0 amide bonds. The van der Waals surface area contributed by atoms with Crippen LogP contribution in [0.15, 0.2) is 84.9 Å². The van der Waals surface area contributed by atoms with Gasteiger partial charge in [0.05, 0.1) is 0 Å². The summed E-state index contributed by atoms with van der Waals surface area (Å²) in [6.45, 7) is 6.06. The molecule has 0 fully saturated rings. The van der Waals surface area contributed by atoms with Gasteiger partial charge in [-0.25, -0.2) is 4.71 Å². The van der Waals surface area contributed by atoms with Crippen LogP contribution in [0, 0.1) is 0 Å². The predicted molar refractivity (Wildman–Crippen MR) is 121 cm³/mol. The van der Waals surface area contributed by atoms with E-state index in [2.05, 4.69) is 98.8 Å². The number of hydrogen-bond donors (Lipinski definition) is 0. The van der Waals surface area contributed by atoms with Crippen molar-refractivity contribution in [2.24, 2.45) is 0 Å². The largest absolute Gasteiger partial charge is 0.800 e. The molecule has 0 aromatic heterocycles. The van der Waals surface area contributed by atoms with Crippen LogP contribution >= 0.6 is 0 Å². The fraction of sp³-hybridized carbons (Fsp3) is 0.217. The molecule has 0 radical (unpaired) electrons. The van der Waals surface area contributed by atoms with Crippen LogP contribution in [-0.2, 0) is 46.3 Å². The van der Waals surface area contributed by atoms with Gasteiger partial charge in [0.15, 0.2) is 0 Å². The fourth-order valence-electron chi connectivity index (χ4n) is 2.66. The first-order valence-electron chi connectivity index (χ1n) is 8.92. The molecule has 0 spiro atoms. The van der Waals surface area contributed by atoms with E-state index in [1.165, 1.54) is 21.5 Å². The molecule has 4 aromatic rings. The van der Waals surface area contributed by atoms with Crippen molar-refractivity contribution in [3.05, 3.63) is 84.9 Å². The summed E-state index contributed by atoms with van der Waals surface area (Å²) in [6.07, 6.45) is 0. The van der Waals surface area contributed by atoms with Crippen LogP contribution in [0.25, 0.3) is 21.5 Å². The average Bonchev–Trinajstić information content (AvgIpc) is 3.32.